The SMILES string of the molecule is CC(C)(C)CN1C(=O)C(CC(=O)O)OC(c2ccccc2Cl)c2cc(Cl)ccc21. The lowest BCUT2D eigenvalue weighted by atomic mass is 9.94. The third-order valence-corrected chi connectivity index (χ3v) is 5.16. The zero-order valence-corrected chi connectivity index (χ0v) is 18.0. The van der Waals surface area contributed by atoms with E-state index < -0.39 is 24.6 Å². The van der Waals surface area contributed by atoms with Gasteiger partial charge < -0.3 is 14.7 Å². The monoisotopic (exact) mass is 435 g/mol. The third kappa shape index (κ3) is 4.92. The quantitative estimate of drug-likeness (QED) is 0.703. The summed E-state index contributed by atoms with van der Waals surface area (Å²) in [5.41, 5.74) is 1.76. The maximum atomic E-state index is 13.3. The molecule has 2 unspecified atom stereocenters. The molecule has 154 valence electrons. The van der Waals surface area contributed by atoms with E-state index in [1.54, 1.807) is 41.3 Å². The summed E-state index contributed by atoms with van der Waals surface area (Å²) in [4.78, 5) is 26.4. The first kappa shape index (κ1) is 21.6. The molecule has 1 N–H and O–H groups in total. The second-order valence-electron chi connectivity index (χ2n) is 8.31. The Morgan fingerprint density at radius 1 is 1.14 bits per heavy atom. The van der Waals surface area contributed by atoms with Crippen LogP contribution in [0.1, 0.15) is 44.4 Å². The van der Waals surface area contributed by atoms with E-state index in [2.05, 4.69) is 0 Å². The summed E-state index contributed by atoms with van der Waals surface area (Å²) in [5, 5.41) is 10.3. The highest BCUT2D eigenvalue weighted by Crippen LogP contribution is 2.42. The standard InChI is InChI=1S/C22H23Cl2NO4/c1-22(2,3)12-25-17-9-8-13(23)10-15(17)20(14-6-4-5-7-16(14)24)29-18(21(25)28)11-19(26)27/h4-10,18,20H,11-12H2,1-3H3,(H,26,27). The lowest BCUT2D eigenvalue weighted by Crippen LogP contribution is -2.44. The van der Waals surface area contributed by atoms with Crippen LogP contribution in [0.3, 0.4) is 0 Å². The molecule has 0 radical (unpaired) electrons. The number of carboxylic acid groups (broad SMARTS) is 1. The lowest BCUT2D eigenvalue weighted by Gasteiger charge is -2.31. The van der Waals surface area contributed by atoms with Gasteiger partial charge in [0.25, 0.3) is 5.91 Å². The Morgan fingerprint density at radius 2 is 1.83 bits per heavy atom. The number of hydrogen-bond donors (Lipinski definition) is 1. The molecule has 5 nitrogen and oxygen atoms in total. The van der Waals surface area contributed by atoms with Crippen LogP contribution in [0, 0.1) is 5.41 Å². The van der Waals surface area contributed by atoms with Crippen molar-refractivity contribution in [3.8, 4) is 0 Å². The molecule has 3 rings (SSSR count). The van der Waals surface area contributed by atoms with E-state index in [1.165, 1.54) is 0 Å². The van der Waals surface area contributed by atoms with Gasteiger partial charge in [0.05, 0.1) is 6.42 Å². The van der Waals surface area contributed by atoms with Crippen LogP contribution in [-0.4, -0.2) is 29.6 Å². The molecule has 29 heavy (non-hydrogen) atoms. The number of ether oxygens (including phenoxy) is 1. The number of fused-ring (bicyclic) bond motifs is 1. The molecule has 0 spiro atoms. The van der Waals surface area contributed by atoms with Crippen molar-refractivity contribution in [1.82, 2.24) is 0 Å². The van der Waals surface area contributed by atoms with Crippen molar-refractivity contribution in [2.24, 2.45) is 5.41 Å². The number of carbonyl (C=O) groups is 2. The summed E-state index contributed by atoms with van der Waals surface area (Å²) >= 11 is 12.7. The molecule has 1 aliphatic rings. The highest BCUT2D eigenvalue weighted by atomic mass is 35.5. The Labute approximate surface area is 180 Å². The normalized spacial score (nSPS) is 19.6. The van der Waals surface area contributed by atoms with E-state index in [1.807, 2.05) is 26.8 Å². The van der Waals surface area contributed by atoms with E-state index >= 15 is 0 Å². The Morgan fingerprint density at radius 3 is 2.45 bits per heavy atom. The molecule has 0 aliphatic carbocycles. The minimum atomic E-state index is -1.15. The predicted octanol–water partition coefficient (Wildman–Crippen LogP) is 5.34. The second-order valence-corrected chi connectivity index (χ2v) is 9.16. The van der Waals surface area contributed by atoms with Crippen molar-refractivity contribution in [2.45, 2.75) is 39.4 Å². The zero-order chi connectivity index (χ0) is 21.3. The van der Waals surface area contributed by atoms with E-state index in [9.17, 15) is 14.7 Å². The first-order valence-electron chi connectivity index (χ1n) is 9.29. The fourth-order valence-electron chi connectivity index (χ4n) is 3.43. The van der Waals surface area contributed by atoms with Crippen molar-refractivity contribution < 1.29 is 19.4 Å². The summed E-state index contributed by atoms with van der Waals surface area (Å²) in [7, 11) is 0. The van der Waals surface area contributed by atoms with E-state index in [0.717, 1.165) is 0 Å². The average Bonchev–Trinajstić information content (AvgIpc) is 2.71. The van der Waals surface area contributed by atoms with Crippen molar-refractivity contribution in [2.75, 3.05) is 11.4 Å². The minimum absolute atomic E-state index is 0.218. The summed E-state index contributed by atoms with van der Waals surface area (Å²) in [6, 6.07) is 12.4. The fraction of sp³-hybridized carbons (Fsp3) is 0.364. The maximum absolute atomic E-state index is 13.3. The Kier molecular flexibility index (Phi) is 6.22. The maximum Gasteiger partial charge on any atom is 0.306 e. The largest absolute Gasteiger partial charge is 0.481 e. The number of halogens is 2. The van der Waals surface area contributed by atoms with Crippen molar-refractivity contribution in [1.29, 1.82) is 0 Å². The van der Waals surface area contributed by atoms with Gasteiger partial charge in [-0.25, -0.2) is 0 Å². The van der Waals surface area contributed by atoms with Crippen LogP contribution in [0.25, 0.3) is 0 Å². The highest BCUT2D eigenvalue weighted by Gasteiger charge is 2.39. The van der Waals surface area contributed by atoms with Crippen LogP contribution in [0.4, 0.5) is 5.69 Å². The number of aliphatic carboxylic acids is 1. The molecule has 7 heteroatoms. The lowest BCUT2D eigenvalue weighted by molar-refractivity contribution is -0.147. The number of anilines is 1. The van der Waals surface area contributed by atoms with Crippen LogP contribution in [0.5, 0.6) is 0 Å². The second kappa shape index (κ2) is 8.34. The molecular weight excluding hydrogens is 413 g/mol. The zero-order valence-electron chi connectivity index (χ0n) is 16.5. The number of carboxylic acids is 1. The van der Waals surface area contributed by atoms with Crippen molar-refractivity contribution >= 4 is 40.8 Å². The topological polar surface area (TPSA) is 66.8 Å². The van der Waals surface area contributed by atoms with E-state index in [0.29, 0.717) is 33.4 Å². The number of hydrogen-bond acceptors (Lipinski definition) is 3. The third-order valence-electron chi connectivity index (χ3n) is 4.58. The van der Waals surface area contributed by atoms with Gasteiger partial charge in [0, 0.05) is 33.4 Å². The van der Waals surface area contributed by atoms with Gasteiger partial charge in [0.1, 0.15) is 12.2 Å². The van der Waals surface area contributed by atoms with Crippen LogP contribution < -0.4 is 4.90 Å². The van der Waals surface area contributed by atoms with Gasteiger partial charge in [0.2, 0.25) is 0 Å². The molecular formula is C22H23Cl2NO4. The molecule has 0 saturated heterocycles. The van der Waals surface area contributed by atoms with Crippen molar-refractivity contribution in [3.05, 3.63) is 63.6 Å². The van der Waals surface area contributed by atoms with Crippen LogP contribution >= 0.6 is 23.2 Å². The predicted molar refractivity (Wildman–Crippen MR) is 114 cm³/mol. The minimum Gasteiger partial charge on any atom is -0.481 e. The van der Waals surface area contributed by atoms with Gasteiger partial charge in [0.15, 0.2) is 0 Å². The Hall–Kier alpha value is -2.08. The molecule has 1 aliphatic heterocycles. The number of rotatable bonds is 4. The van der Waals surface area contributed by atoms with Crippen LogP contribution in [-0.2, 0) is 14.3 Å². The van der Waals surface area contributed by atoms with Gasteiger partial charge in [-0.2, -0.15) is 0 Å². The Bertz CT molecular complexity index is 939. The molecule has 0 aromatic heterocycles. The highest BCUT2D eigenvalue weighted by molar-refractivity contribution is 6.31. The molecule has 2 aromatic carbocycles. The smallest absolute Gasteiger partial charge is 0.306 e. The molecule has 0 saturated carbocycles. The van der Waals surface area contributed by atoms with Crippen LogP contribution in [0.2, 0.25) is 10.0 Å². The number of amides is 1. The van der Waals surface area contributed by atoms with Gasteiger partial charge in [-0.15, -0.1) is 0 Å². The van der Waals surface area contributed by atoms with Crippen molar-refractivity contribution in [3.63, 3.8) is 0 Å². The Balaban J connectivity index is 2.22. The van der Waals surface area contributed by atoms with Crippen LogP contribution in [0.15, 0.2) is 42.5 Å². The number of benzene rings is 2. The van der Waals surface area contributed by atoms with Gasteiger partial charge in [-0.3, -0.25) is 9.59 Å². The summed E-state index contributed by atoms with van der Waals surface area (Å²) in [6.07, 6.45) is -2.32. The summed E-state index contributed by atoms with van der Waals surface area (Å²) in [5.74, 6) is -1.50. The summed E-state index contributed by atoms with van der Waals surface area (Å²) < 4.78 is 6.11. The van der Waals surface area contributed by atoms with E-state index in [-0.39, 0.29) is 11.3 Å². The molecule has 2 atom stereocenters. The van der Waals surface area contributed by atoms with Gasteiger partial charge in [-0.05, 0) is 29.7 Å². The van der Waals surface area contributed by atoms with E-state index in [4.69, 9.17) is 27.9 Å². The molecule has 1 amide bonds. The number of carbonyl (C=O) groups excluding carboxylic acids is 1. The van der Waals surface area contributed by atoms with Gasteiger partial charge >= 0.3 is 5.97 Å². The first-order chi connectivity index (χ1) is 13.6. The molecule has 0 bridgehead atoms. The average molecular weight is 436 g/mol. The molecule has 1 heterocycles. The van der Waals surface area contributed by atoms with Gasteiger partial charge in [-0.1, -0.05) is 62.2 Å². The first-order valence-corrected chi connectivity index (χ1v) is 10.0. The molecule has 2 aromatic rings. The number of nitrogens with zero attached hydrogens (tertiary/aromatic N) is 1. The fourth-order valence-corrected chi connectivity index (χ4v) is 3.84. The summed E-state index contributed by atoms with van der Waals surface area (Å²) in [6.45, 7) is 6.44. The molecule has 0 fully saturated rings.